The Bertz CT molecular complexity index is 394. The summed E-state index contributed by atoms with van der Waals surface area (Å²) in [6.07, 6.45) is 6.39. The van der Waals surface area contributed by atoms with Crippen LogP contribution in [0.4, 0.5) is 0 Å². The Morgan fingerprint density at radius 2 is 2.18 bits per heavy atom. The summed E-state index contributed by atoms with van der Waals surface area (Å²) in [5.41, 5.74) is 1.52. The Morgan fingerprint density at radius 1 is 1.29 bits per heavy atom. The van der Waals surface area contributed by atoms with E-state index in [1.54, 1.807) is 0 Å². The monoisotopic (exact) mass is 265 g/mol. The summed E-state index contributed by atoms with van der Waals surface area (Å²) in [4.78, 5) is 1.48. The highest BCUT2D eigenvalue weighted by atomic mass is 32.2. The minimum atomic E-state index is 0.578. The SMILES string of the molecule is CSC1CCCC1NC1CSc2ccccc21. The second kappa shape index (κ2) is 5.25. The molecule has 1 aromatic carbocycles. The van der Waals surface area contributed by atoms with Gasteiger partial charge in [-0.1, -0.05) is 24.6 Å². The first kappa shape index (κ1) is 11.9. The fourth-order valence-electron chi connectivity index (χ4n) is 2.96. The fraction of sp³-hybridized carbons (Fsp3) is 0.571. The molecule has 0 aromatic heterocycles. The molecule has 3 unspecified atom stereocenters. The molecule has 3 atom stereocenters. The first-order valence-corrected chi connectivity index (χ1v) is 8.66. The summed E-state index contributed by atoms with van der Waals surface area (Å²) >= 11 is 4.03. The van der Waals surface area contributed by atoms with Crippen LogP contribution in [0.5, 0.6) is 0 Å². The van der Waals surface area contributed by atoms with Crippen LogP contribution in [0, 0.1) is 0 Å². The lowest BCUT2D eigenvalue weighted by Gasteiger charge is -2.23. The number of fused-ring (bicyclic) bond motifs is 1. The van der Waals surface area contributed by atoms with Gasteiger partial charge in [-0.3, -0.25) is 0 Å². The Kier molecular flexibility index (Phi) is 3.69. The van der Waals surface area contributed by atoms with Gasteiger partial charge in [0.05, 0.1) is 0 Å². The van der Waals surface area contributed by atoms with Gasteiger partial charge in [-0.05, 0) is 30.7 Å². The minimum absolute atomic E-state index is 0.578. The average molecular weight is 265 g/mol. The van der Waals surface area contributed by atoms with Crippen molar-refractivity contribution >= 4 is 23.5 Å². The quantitative estimate of drug-likeness (QED) is 0.895. The summed E-state index contributed by atoms with van der Waals surface area (Å²) in [5, 5.41) is 4.72. The van der Waals surface area contributed by atoms with E-state index in [9.17, 15) is 0 Å². The molecule has 17 heavy (non-hydrogen) atoms. The molecule has 1 saturated carbocycles. The lowest BCUT2D eigenvalue weighted by atomic mass is 10.1. The number of nitrogens with one attached hydrogen (secondary N) is 1. The summed E-state index contributed by atoms with van der Waals surface area (Å²) < 4.78 is 0. The van der Waals surface area contributed by atoms with Crippen LogP contribution >= 0.6 is 23.5 Å². The smallest absolute Gasteiger partial charge is 0.0429 e. The second-order valence-electron chi connectivity index (χ2n) is 4.88. The molecule has 1 aliphatic carbocycles. The van der Waals surface area contributed by atoms with Crippen molar-refractivity contribution in [1.82, 2.24) is 5.32 Å². The van der Waals surface area contributed by atoms with Crippen molar-refractivity contribution in [1.29, 1.82) is 0 Å². The van der Waals surface area contributed by atoms with E-state index in [1.807, 2.05) is 23.5 Å². The third kappa shape index (κ3) is 2.38. The molecule has 1 heterocycles. The first-order chi connectivity index (χ1) is 8.38. The van der Waals surface area contributed by atoms with E-state index in [0.29, 0.717) is 6.04 Å². The van der Waals surface area contributed by atoms with Gasteiger partial charge in [0, 0.05) is 28.0 Å². The highest BCUT2D eigenvalue weighted by Crippen LogP contribution is 2.39. The van der Waals surface area contributed by atoms with Crippen LogP contribution < -0.4 is 5.32 Å². The van der Waals surface area contributed by atoms with E-state index in [1.165, 1.54) is 35.5 Å². The Hall–Kier alpha value is -0.120. The third-order valence-corrected chi connectivity index (χ3v) is 6.22. The van der Waals surface area contributed by atoms with Crippen LogP contribution in [0.3, 0.4) is 0 Å². The predicted molar refractivity (Wildman–Crippen MR) is 78.0 cm³/mol. The number of benzene rings is 1. The van der Waals surface area contributed by atoms with Gasteiger partial charge in [0.25, 0.3) is 0 Å². The van der Waals surface area contributed by atoms with Crippen molar-refractivity contribution in [3.05, 3.63) is 29.8 Å². The molecule has 2 aliphatic rings. The summed E-state index contributed by atoms with van der Waals surface area (Å²) in [6, 6.07) is 10.2. The molecule has 0 amide bonds. The van der Waals surface area contributed by atoms with Crippen molar-refractivity contribution < 1.29 is 0 Å². The van der Waals surface area contributed by atoms with Crippen molar-refractivity contribution in [2.24, 2.45) is 0 Å². The van der Waals surface area contributed by atoms with Crippen LogP contribution in [-0.4, -0.2) is 23.3 Å². The molecule has 1 fully saturated rings. The van der Waals surface area contributed by atoms with Crippen LogP contribution in [0.25, 0.3) is 0 Å². The molecule has 1 nitrogen and oxygen atoms in total. The van der Waals surface area contributed by atoms with E-state index < -0.39 is 0 Å². The van der Waals surface area contributed by atoms with Gasteiger partial charge < -0.3 is 5.32 Å². The van der Waals surface area contributed by atoms with Crippen molar-refractivity contribution in [2.75, 3.05) is 12.0 Å². The zero-order valence-electron chi connectivity index (χ0n) is 10.2. The molecule has 1 N–H and O–H groups in total. The van der Waals surface area contributed by atoms with Crippen molar-refractivity contribution in [3.8, 4) is 0 Å². The minimum Gasteiger partial charge on any atom is -0.305 e. The molecule has 3 heteroatoms. The van der Waals surface area contributed by atoms with Crippen LogP contribution in [0.2, 0.25) is 0 Å². The molecule has 0 radical (unpaired) electrons. The second-order valence-corrected chi connectivity index (χ2v) is 7.02. The highest BCUT2D eigenvalue weighted by Gasteiger charge is 2.31. The van der Waals surface area contributed by atoms with Crippen LogP contribution in [0.15, 0.2) is 29.2 Å². The molecule has 92 valence electrons. The van der Waals surface area contributed by atoms with Gasteiger partial charge in [0.2, 0.25) is 0 Å². The lowest BCUT2D eigenvalue weighted by molar-refractivity contribution is 0.473. The van der Waals surface area contributed by atoms with Gasteiger partial charge >= 0.3 is 0 Å². The topological polar surface area (TPSA) is 12.0 Å². The molecular formula is C14H19NS2. The van der Waals surface area contributed by atoms with Gasteiger partial charge in [-0.2, -0.15) is 11.8 Å². The molecule has 0 bridgehead atoms. The van der Waals surface area contributed by atoms with Crippen LogP contribution in [0.1, 0.15) is 30.9 Å². The summed E-state index contributed by atoms with van der Waals surface area (Å²) in [6.45, 7) is 0. The van der Waals surface area contributed by atoms with E-state index in [4.69, 9.17) is 0 Å². The van der Waals surface area contributed by atoms with Gasteiger partial charge in [0.15, 0.2) is 0 Å². The zero-order valence-corrected chi connectivity index (χ0v) is 11.8. The highest BCUT2D eigenvalue weighted by molar-refractivity contribution is 7.99. The molecule has 1 aliphatic heterocycles. The Morgan fingerprint density at radius 3 is 3.06 bits per heavy atom. The molecule has 0 spiro atoms. The molecule has 0 saturated heterocycles. The van der Waals surface area contributed by atoms with E-state index in [-0.39, 0.29) is 0 Å². The van der Waals surface area contributed by atoms with Crippen molar-refractivity contribution in [3.63, 3.8) is 0 Å². The standard InChI is InChI=1S/C14H19NS2/c1-16-14-8-4-6-11(14)15-12-9-17-13-7-3-2-5-10(12)13/h2-3,5,7,11-12,14-15H,4,6,8-9H2,1H3. The van der Waals surface area contributed by atoms with E-state index >= 15 is 0 Å². The number of hydrogen-bond donors (Lipinski definition) is 1. The predicted octanol–water partition coefficient (Wildman–Crippen LogP) is 3.71. The van der Waals surface area contributed by atoms with Gasteiger partial charge in [0.1, 0.15) is 0 Å². The number of hydrogen-bond acceptors (Lipinski definition) is 3. The summed E-state index contributed by atoms with van der Waals surface area (Å²) in [7, 11) is 0. The largest absolute Gasteiger partial charge is 0.305 e. The van der Waals surface area contributed by atoms with Crippen molar-refractivity contribution in [2.45, 2.75) is 41.5 Å². The molecule has 1 aromatic rings. The zero-order chi connectivity index (χ0) is 11.7. The Balaban J connectivity index is 1.71. The first-order valence-electron chi connectivity index (χ1n) is 6.39. The van der Waals surface area contributed by atoms with Crippen LogP contribution in [-0.2, 0) is 0 Å². The maximum atomic E-state index is 3.89. The maximum absolute atomic E-state index is 3.89. The Labute approximate surface area is 112 Å². The number of rotatable bonds is 3. The van der Waals surface area contributed by atoms with E-state index in [2.05, 4.69) is 35.8 Å². The third-order valence-electron chi connectivity index (χ3n) is 3.87. The maximum Gasteiger partial charge on any atom is 0.0429 e. The molecular weight excluding hydrogens is 246 g/mol. The summed E-state index contributed by atoms with van der Waals surface area (Å²) in [5.74, 6) is 1.21. The average Bonchev–Trinajstić information content (AvgIpc) is 2.97. The van der Waals surface area contributed by atoms with E-state index in [0.717, 1.165) is 11.3 Å². The fourth-order valence-corrected chi connectivity index (χ4v) is 5.08. The molecule has 3 rings (SSSR count). The van der Waals surface area contributed by atoms with Gasteiger partial charge in [-0.15, -0.1) is 11.8 Å². The number of thioether (sulfide) groups is 2. The normalized spacial score (nSPS) is 31.7. The van der Waals surface area contributed by atoms with Gasteiger partial charge in [-0.25, -0.2) is 0 Å². The lowest BCUT2D eigenvalue weighted by Crippen LogP contribution is -2.37.